The van der Waals surface area contributed by atoms with Gasteiger partial charge in [-0.25, -0.2) is 9.37 Å². The molecule has 1 aromatic carbocycles. The Morgan fingerprint density at radius 3 is 2.94 bits per heavy atom. The summed E-state index contributed by atoms with van der Waals surface area (Å²) in [6.07, 6.45) is 0.929. The minimum Gasteiger partial charge on any atom is -0.490 e. The van der Waals surface area contributed by atoms with Crippen LogP contribution in [0.15, 0.2) is 18.5 Å². The number of benzene rings is 1. The molecule has 1 aromatic heterocycles. The van der Waals surface area contributed by atoms with Crippen LogP contribution in [0.1, 0.15) is 4.11 Å². The molecule has 94 valence electrons. The van der Waals surface area contributed by atoms with Gasteiger partial charge in [0.25, 0.3) is 0 Å². The molecule has 0 unspecified atom stereocenters. The van der Waals surface area contributed by atoms with Crippen LogP contribution in [0.25, 0.3) is 11.4 Å². The molecule has 0 N–H and O–H groups in total. The van der Waals surface area contributed by atoms with E-state index in [1.54, 1.807) is 0 Å². The fraction of sp³-hybridized carbons (Fsp3) is 0.200. The zero-order valence-corrected chi connectivity index (χ0v) is 9.12. The van der Waals surface area contributed by atoms with E-state index in [2.05, 4.69) is 10.1 Å². The normalized spacial score (nSPS) is 13.6. The SMILES string of the molecule is [2H]C([2H])([2H])n1cnc(-c2cc(F)cc([N+](=O)[O-])c2OC)n1. The molecule has 7 nitrogen and oxygen atoms in total. The first-order valence-corrected chi connectivity index (χ1v) is 4.68. The lowest BCUT2D eigenvalue weighted by atomic mass is 10.1. The van der Waals surface area contributed by atoms with Gasteiger partial charge in [0.1, 0.15) is 12.1 Å². The van der Waals surface area contributed by atoms with Crippen LogP contribution in [0.3, 0.4) is 0 Å². The molecule has 0 fully saturated rings. The fourth-order valence-corrected chi connectivity index (χ4v) is 1.48. The Hall–Kier alpha value is -2.51. The number of nitro benzene ring substituents is 1. The van der Waals surface area contributed by atoms with Crippen LogP contribution in [0, 0.1) is 15.9 Å². The van der Waals surface area contributed by atoms with Crippen LogP contribution >= 0.6 is 0 Å². The summed E-state index contributed by atoms with van der Waals surface area (Å²) < 4.78 is 40.5. The number of nitrogens with zero attached hydrogens (tertiary/aromatic N) is 4. The van der Waals surface area contributed by atoms with Crippen molar-refractivity contribution < 1.29 is 18.2 Å². The third-order valence-corrected chi connectivity index (χ3v) is 2.17. The first kappa shape index (κ1) is 8.56. The Morgan fingerprint density at radius 1 is 1.61 bits per heavy atom. The molecule has 1 heterocycles. The molecule has 2 rings (SSSR count). The largest absolute Gasteiger partial charge is 0.490 e. The summed E-state index contributed by atoms with van der Waals surface area (Å²) in [5.74, 6) is -1.32. The molecule has 0 radical (unpaired) electrons. The predicted molar refractivity (Wildman–Crippen MR) is 59.6 cm³/mol. The van der Waals surface area contributed by atoms with E-state index in [0.29, 0.717) is 10.7 Å². The van der Waals surface area contributed by atoms with Crippen LogP contribution in [-0.4, -0.2) is 26.8 Å². The van der Waals surface area contributed by atoms with Crippen molar-refractivity contribution in [3.63, 3.8) is 0 Å². The van der Waals surface area contributed by atoms with Crippen molar-refractivity contribution in [3.05, 3.63) is 34.4 Å². The van der Waals surface area contributed by atoms with E-state index in [4.69, 9.17) is 8.85 Å². The smallest absolute Gasteiger partial charge is 0.314 e. The van der Waals surface area contributed by atoms with E-state index in [1.165, 1.54) is 7.11 Å². The van der Waals surface area contributed by atoms with Crippen molar-refractivity contribution >= 4 is 5.69 Å². The standard InChI is InChI=1S/C10H9FN4O3/c1-14-5-12-10(13-14)7-3-6(11)4-8(15(16)17)9(7)18-2/h3-5H,1-2H3/i1D3. The van der Waals surface area contributed by atoms with E-state index < -0.39 is 23.4 Å². The lowest BCUT2D eigenvalue weighted by Crippen LogP contribution is -1.98. The number of methoxy groups -OCH3 is 1. The van der Waals surface area contributed by atoms with Gasteiger partial charge >= 0.3 is 5.69 Å². The highest BCUT2D eigenvalue weighted by Crippen LogP contribution is 2.37. The summed E-state index contributed by atoms with van der Waals surface area (Å²) in [5.41, 5.74) is -0.704. The number of nitro groups is 1. The molecule has 0 amide bonds. The van der Waals surface area contributed by atoms with Crippen LogP contribution in [0.4, 0.5) is 10.1 Å². The highest BCUT2D eigenvalue weighted by Gasteiger charge is 2.23. The molecule has 0 aliphatic carbocycles. The van der Waals surface area contributed by atoms with Gasteiger partial charge in [0.2, 0.25) is 5.75 Å². The fourth-order valence-electron chi connectivity index (χ4n) is 1.48. The monoisotopic (exact) mass is 255 g/mol. The van der Waals surface area contributed by atoms with E-state index in [9.17, 15) is 14.5 Å². The number of hydrogen-bond donors (Lipinski definition) is 0. The number of ether oxygens (including phenoxy) is 1. The Balaban J connectivity index is 2.63. The lowest BCUT2D eigenvalue weighted by molar-refractivity contribution is -0.385. The van der Waals surface area contributed by atoms with Crippen molar-refractivity contribution in [3.8, 4) is 17.1 Å². The van der Waals surface area contributed by atoms with Gasteiger partial charge in [-0.1, -0.05) is 0 Å². The molecule has 0 atom stereocenters. The number of halogens is 1. The second kappa shape index (κ2) is 4.40. The Bertz CT molecular complexity index is 701. The first-order chi connectivity index (χ1) is 9.74. The Kier molecular flexibility index (Phi) is 2.09. The first-order valence-electron chi connectivity index (χ1n) is 6.18. The molecule has 2 aromatic rings. The van der Waals surface area contributed by atoms with E-state index in [0.717, 1.165) is 12.4 Å². The lowest BCUT2D eigenvalue weighted by Gasteiger charge is -2.06. The van der Waals surface area contributed by atoms with E-state index >= 15 is 0 Å². The topological polar surface area (TPSA) is 83.1 Å². The summed E-state index contributed by atoms with van der Waals surface area (Å²) in [6.45, 7) is -2.56. The van der Waals surface area contributed by atoms with Crippen molar-refractivity contribution in [2.45, 2.75) is 0 Å². The zero-order valence-electron chi connectivity index (χ0n) is 12.1. The van der Waals surface area contributed by atoms with Gasteiger partial charge in [-0.2, -0.15) is 5.10 Å². The zero-order chi connectivity index (χ0) is 15.8. The molecule has 0 saturated carbocycles. The van der Waals surface area contributed by atoms with Crippen LogP contribution in [-0.2, 0) is 6.98 Å². The molecular weight excluding hydrogens is 243 g/mol. The van der Waals surface area contributed by atoms with Gasteiger partial charge in [0.05, 0.1) is 23.7 Å². The average Bonchev–Trinajstić information content (AvgIpc) is 2.86. The van der Waals surface area contributed by atoms with Gasteiger partial charge in [0.15, 0.2) is 5.82 Å². The minimum absolute atomic E-state index is 0.104. The quantitative estimate of drug-likeness (QED) is 0.613. The second-order valence-corrected chi connectivity index (χ2v) is 3.28. The van der Waals surface area contributed by atoms with Gasteiger partial charge in [-0.05, 0) is 6.07 Å². The number of rotatable bonds is 3. The molecule has 0 spiro atoms. The maximum absolute atomic E-state index is 13.5. The third kappa shape index (κ3) is 1.99. The maximum Gasteiger partial charge on any atom is 0.314 e. The van der Waals surface area contributed by atoms with Gasteiger partial charge in [-0.3, -0.25) is 14.8 Å². The third-order valence-electron chi connectivity index (χ3n) is 2.17. The number of aromatic nitrogens is 3. The van der Waals surface area contributed by atoms with Crippen molar-refractivity contribution in [1.82, 2.24) is 14.8 Å². The number of hydrogen-bond acceptors (Lipinski definition) is 5. The van der Waals surface area contributed by atoms with Gasteiger partial charge in [0, 0.05) is 11.1 Å². The second-order valence-electron chi connectivity index (χ2n) is 3.28. The van der Waals surface area contributed by atoms with Crippen LogP contribution in [0.5, 0.6) is 5.75 Å². The highest BCUT2D eigenvalue weighted by atomic mass is 19.1. The van der Waals surface area contributed by atoms with Crippen LogP contribution < -0.4 is 4.74 Å². The highest BCUT2D eigenvalue weighted by molar-refractivity contribution is 5.70. The van der Waals surface area contributed by atoms with E-state index in [1.807, 2.05) is 0 Å². The molecular formula is C10H9FN4O3. The molecule has 0 bridgehead atoms. The Labute approximate surface area is 105 Å². The molecule has 18 heavy (non-hydrogen) atoms. The molecule has 0 aliphatic rings. The summed E-state index contributed by atoms with van der Waals surface area (Å²) in [6, 6.07) is 1.63. The van der Waals surface area contributed by atoms with Crippen molar-refractivity contribution in [2.24, 2.45) is 6.98 Å². The van der Waals surface area contributed by atoms with Gasteiger partial charge < -0.3 is 4.74 Å². The average molecular weight is 255 g/mol. The van der Waals surface area contributed by atoms with E-state index in [-0.39, 0.29) is 17.1 Å². The van der Waals surface area contributed by atoms with Gasteiger partial charge in [-0.15, -0.1) is 0 Å². The van der Waals surface area contributed by atoms with Crippen molar-refractivity contribution in [1.29, 1.82) is 0 Å². The molecule has 0 saturated heterocycles. The molecule has 0 aliphatic heterocycles. The summed E-state index contributed by atoms with van der Waals surface area (Å²) >= 11 is 0. The van der Waals surface area contributed by atoms with Crippen LogP contribution in [0.2, 0.25) is 0 Å². The van der Waals surface area contributed by atoms with Crippen molar-refractivity contribution in [2.75, 3.05) is 7.11 Å². The Morgan fingerprint density at radius 2 is 2.39 bits per heavy atom. The summed E-state index contributed by atoms with van der Waals surface area (Å²) in [5, 5.41) is 14.6. The summed E-state index contributed by atoms with van der Waals surface area (Å²) in [7, 11) is 1.17. The summed E-state index contributed by atoms with van der Waals surface area (Å²) in [4.78, 5) is 13.8. The molecule has 8 heteroatoms. The maximum atomic E-state index is 13.5. The predicted octanol–water partition coefficient (Wildman–Crippen LogP) is 1.54. The minimum atomic E-state index is -2.56. The number of aryl methyl sites for hydroxylation is 1.